The van der Waals surface area contributed by atoms with E-state index >= 15 is 0 Å². The van der Waals surface area contributed by atoms with E-state index in [0.717, 1.165) is 21.9 Å². The van der Waals surface area contributed by atoms with Crippen molar-refractivity contribution in [2.45, 2.75) is 29.2 Å². The van der Waals surface area contributed by atoms with Gasteiger partial charge in [0.1, 0.15) is 6.54 Å². The van der Waals surface area contributed by atoms with Gasteiger partial charge < -0.3 is 19.1 Å². The second-order valence-corrected chi connectivity index (χ2v) is 15.1. The van der Waals surface area contributed by atoms with E-state index in [4.69, 9.17) is 25.8 Å². The summed E-state index contributed by atoms with van der Waals surface area (Å²) in [4.78, 5) is 58.9. The van der Waals surface area contributed by atoms with Crippen molar-refractivity contribution in [2.24, 2.45) is 29.6 Å². The van der Waals surface area contributed by atoms with Gasteiger partial charge in [-0.15, -0.1) is 11.8 Å². The van der Waals surface area contributed by atoms with E-state index in [1.807, 2.05) is 18.2 Å². The number of carbonyl (C=O) groups is 3. The Morgan fingerprint density at radius 2 is 1.65 bits per heavy atom. The zero-order chi connectivity index (χ0) is 31.9. The number of thioether (sulfide) groups is 1. The summed E-state index contributed by atoms with van der Waals surface area (Å²) >= 11 is 8.91. The molecule has 3 aliphatic heterocycles. The first-order valence-corrected chi connectivity index (χ1v) is 17.5. The van der Waals surface area contributed by atoms with E-state index in [1.165, 1.54) is 16.2 Å². The van der Waals surface area contributed by atoms with Gasteiger partial charge in [0, 0.05) is 34.2 Å². The lowest BCUT2D eigenvalue weighted by Gasteiger charge is -2.43. The van der Waals surface area contributed by atoms with Gasteiger partial charge in [-0.1, -0.05) is 29.0 Å². The third-order valence-corrected chi connectivity index (χ3v) is 13.5. The summed E-state index contributed by atoms with van der Waals surface area (Å²) in [6, 6.07) is 12.7. The van der Waals surface area contributed by atoms with Crippen LogP contribution in [0.15, 0.2) is 52.3 Å². The van der Waals surface area contributed by atoms with Crippen molar-refractivity contribution in [1.82, 2.24) is 9.47 Å². The first-order valence-electron chi connectivity index (χ1n) is 15.4. The van der Waals surface area contributed by atoms with E-state index in [0.29, 0.717) is 48.5 Å². The van der Waals surface area contributed by atoms with E-state index in [-0.39, 0.29) is 58.1 Å². The number of rotatable bonds is 6. The smallest absolute Gasteiger partial charge is 0.308 e. The Bertz CT molecular complexity index is 1800. The van der Waals surface area contributed by atoms with E-state index in [2.05, 4.69) is 0 Å². The van der Waals surface area contributed by atoms with Gasteiger partial charge in [-0.3, -0.25) is 28.6 Å². The zero-order valence-corrected chi connectivity index (χ0v) is 27.6. The van der Waals surface area contributed by atoms with Gasteiger partial charge in [0.25, 0.3) is 0 Å². The van der Waals surface area contributed by atoms with Crippen LogP contribution in [0.25, 0.3) is 0 Å². The number of amides is 3. The van der Waals surface area contributed by atoms with E-state index in [9.17, 15) is 19.2 Å². The van der Waals surface area contributed by atoms with Crippen molar-refractivity contribution in [3.05, 3.63) is 67.6 Å². The number of ether oxygens (including phenoxy) is 3. The van der Waals surface area contributed by atoms with E-state index in [1.54, 1.807) is 59.7 Å². The second-order valence-electron chi connectivity index (χ2n) is 12.5. The minimum atomic E-state index is -0.430. The van der Waals surface area contributed by atoms with Crippen molar-refractivity contribution >= 4 is 58.1 Å². The van der Waals surface area contributed by atoms with Crippen LogP contribution in [0.4, 0.5) is 5.69 Å². The number of imide groups is 1. The first kappa shape index (κ1) is 30.0. The molecule has 0 radical (unpaired) electrons. The van der Waals surface area contributed by atoms with Crippen LogP contribution in [0.2, 0.25) is 5.02 Å². The fourth-order valence-electron chi connectivity index (χ4n) is 8.57. The summed E-state index contributed by atoms with van der Waals surface area (Å²) in [5.74, 6) is -0.433. The minimum absolute atomic E-state index is 0.00483. The Morgan fingerprint density at radius 3 is 2.35 bits per heavy atom. The molecule has 3 aromatic rings. The molecule has 4 fully saturated rings. The maximum absolute atomic E-state index is 14.1. The monoisotopic (exact) mass is 681 g/mol. The summed E-state index contributed by atoms with van der Waals surface area (Å²) in [5.41, 5.74) is 1.49. The molecule has 2 saturated heterocycles. The number of hydrogen-bond donors (Lipinski definition) is 0. The lowest BCUT2D eigenvalue weighted by Crippen LogP contribution is -2.44. The number of aromatic nitrogens is 1. The third-order valence-electron chi connectivity index (χ3n) is 10.5. The van der Waals surface area contributed by atoms with Crippen LogP contribution in [0, 0.1) is 29.6 Å². The lowest BCUT2D eigenvalue weighted by molar-refractivity contribution is -0.136. The molecule has 2 aliphatic carbocycles. The number of halogens is 1. The molecular weight excluding hydrogens is 650 g/mol. The quantitative estimate of drug-likeness (QED) is 0.358. The molecular formula is C33H32ClN3O7S2. The second kappa shape index (κ2) is 11.4. The fraction of sp³-hybridized carbons (Fsp3) is 0.455. The summed E-state index contributed by atoms with van der Waals surface area (Å²) in [7, 11) is 3.18. The molecule has 7 atom stereocenters. The lowest BCUT2D eigenvalue weighted by atomic mass is 9.68. The van der Waals surface area contributed by atoms with Gasteiger partial charge in [-0.25, -0.2) is 0 Å². The predicted molar refractivity (Wildman–Crippen MR) is 173 cm³/mol. The van der Waals surface area contributed by atoms with Crippen LogP contribution in [-0.2, 0) is 25.7 Å². The van der Waals surface area contributed by atoms with Crippen molar-refractivity contribution in [3.8, 4) is 11.5 Å². The number of anilines is 1. The van der Waals surface area contributed by atoms with Crippen LogP contribution >= 0.6 is 34.7 Å². The maximum Gasteiger partial charge on any atom is 0.308 e. The molecule has 46 heavy (non-hydrogen) atoms. The highest BCUT2D eigenvalue weighted by atomic mass is 35.5. The van der Waals surface area contributed by atoms with Gasteiger partial charge in [-0.05, 0) is 66.1 Å². The number of carbonyl (C=O) groups excluding carboxylic acids is 3. The first-order chi connectivity index (χ1) is 22.3. The molecule has 5 aliphatic rings. The molecule has 10 nitrogen and oxygen atoms in total. The SMILES string of the molecule is COc1ccc(C2c3sc(=O)n(CC(=O)N4CCOCC4)c3SC3C4CC(C5C(=O)N(c6ccc(Cl)cc6)C(=O)C45)C23)cc1OC. The van der Waals surface area contributed by atoms with Gasteiger partial charge in [0.2, 0.25) is 17.7 Å². The Balaban J connectivity index is 1.21. The number of hydrogen-bond acceptors (Lipinski definition) is 9. The Kier molecular flexibility index (Phi) is 7.47. The number of fused-ring (bicyclic) bond motifs is 9. The predicted octanol–water partition coefficient (Wildman–Crippen LogP) is 4.12. The third kappa shape index (κ3) is 4.47. The molecule has 2 saturated carbocycles. The molecule has 240 valence electrons. The molecule has 4 heterocycles. The van der Waals surface area contributed by atoms with Crippen LogP contribution in [0.1, 0.15) is 22.8 Å². The molecule has 0 spiro atoms. The Morgan fingerprint density at radius 1 is 0.957 bits per heavy atom. The van der Waals surface area contributed by atoms with Crippen molar-refractivity contribution < 1.29 is 28.6 Å². The molecule has 3 amide bonds. The highest BCUT2D eigenvalue weighted by molar-refractivity contribution is 8.00. The summed E-state index contributed by atoms with van der Waals surface area (Å²) < 4.78 is 18.2. The standard InChI is InChI=1S/C33H32ClN3O7S2/c1-42-21-8-3-16(13-22(21)43-2)24-25-19-14-20(27-26(19)30(39)37(31(27)40)18-6-4-17(34)5-7-18)28(25)45-32-29(24)46-33(41)36(32)15-23(38)35-9-11-44-12-10-35/h3-8,13,19-20,24-28H,9-12,14-15H2,1-2H3. The number of morpholine rings is 1. The average molecular weight is 682 g/mol. The molecule has 0 N–H and O–H groups in total. The highest BCUT2D eigenvalue weighted by Gasteiger charge is 2.70. The fourth-order valence-corrected chi connectivity index (χ4v) is 11.8. The van der Waals surface area contributed by atoms with Crippen LogP contribution in [0.3, 0.4) is 0 Å². The molecule has 13 heteroatoms. The van der Waals surface area contributed by atoms with Gasteiger partial charge in [-0.2, -0.15) is 0 Å². The van der Waals surface area contributed by atoms with Gasteiger partial charge in [0.05, 0.1) is 50.0 Å². The average Bonchev–Trinajstić information content (AvgIpc) is 3.80. The van der Waals surface area contributed by atoms with Gasteiger partial charge >= 0.3 is 4.87 Å². The molecule has 7 unspecified atom stereocenters. The summed E-state index contributed by atoms with van der Waals surface area (Å²) in [5, 5.41) is 1.30. The topological polar surface area (TPSA) is 107 Å². The van der Waals surface area contributed by atoms with Crippen LogP contribution in [0.5, 0.6) is 11.5 Å². The van der Waals surface area contributed by atoms with Crippen molar-refractivity contribution in [2.75, 3.05) is 45.4 Å². The number of methoxy groups -OCH3 is 2. The molecule has 1 aromatic heterocycles. The molecule has 8 rings (SSSR count). The van der Waals surface area contributed by atoms with Gasteiger partial charge in [0.15, 0.2) is 11.5 Å². The number of nitrogens with zero attached hydrogens (tertiary/aromatic N) is 3. The number of benzene rings is 2. The van der Waals surface area contributed by atoms with Crippen LogP contribution < -0.4 is 19.2 Å². The summed E-state index contributed by atoms with van der Waals surface area (Å²) in [6.07, 6.45) is 0.763. The highest BCUT2D eigenvalue weighted by Crippen LogP contribution is 2.69. The Labute approximate surface area is 278 Å². The zero-order valence-electron chi connectivity index (χ0n) is 25.2. The Hall–Kier alpha value is -3.32. The van der Waals surface area contributed by atoms with E-state index < -0.39 is 11.8 Å². The van der Waals surface area contributed by atoms with Crippen molar-refractivity contribution in [3.63, 3.8) is 0 Å². The van der Waals surface area contributed by atoms with Crippen molar-refractivity contribution in [1.29, 1.82) is 0 Å². The summed E-state index contributed by atoms with van der Waals surface area (Å²) in [6.45, 7) is 1.91. The number of thiazole rings is 1. The largest absolute Gasteiger partial charge is 0.493 e. The molecule has 2 bridgehead atoms. The minimum Gasteiger partial charge on any atom is -0.493 e. The maximum atomic E-state index is 14.1. The van der Waals surface area contributed by atoms with Crippen LogP contribution in [-0.4, -0.2) is 73.0 Å². The normalized spacial score (nSPS) is 29.5. The molecule has 2 aromatic carbocycles.